The molecule has 3 aromatic rings. The molecule has 0 radical (unpaired) electrons. The van der Waals surface area contributed by atoms with Gasteiger partial charge >= 0.3 is 0 Å². The Balaban J connectivity index is 0.00000341. The number of amides is 1. The van der Waals surface area contributed by atoms with Gasteiger partial charge in [-0.3, -0.25) is 9.69 Å². The van der Waals surface area contributed by atoms with Gasteiger partial charge in [0.05, 0.1) is 17.3 Å². The number of carbonyl (C=O) groups is 1. The lowest BCUT2D eigenvalue weighted by Crippen LogP contribution is -2.36. The molecule has 0 fully saturated rings. The molecule has 0 spiro atoms. The van der Waals surface area contributed by atoms with Crippen LogP contribution >= 0.6 is 23.7 Å². The molecule has 0 atom stereocenters. The number of methoxy groups -OCH3 is 1. The Morgan fingerprint density at radius 1 is 1.03 bits per heavy atom. The molecule has 8 heteroatoms. The number of anilines is 2. The van der Waals surface area contributed by atoms with Gasteiger partial charge in [0.25, 0.3) is 5.91 Å². The van der Waals surface area contributed by atoms with Crippen LogP contribution in [0.4, 0.5) is 10.8 Å². The minimum absolute atomic E-state index is 0. The van der Waals surface area contributed by atoms with E-state index in [1.165, 1.54) is 11.3 Å². The van der Waals surface area contributed by atoms with Gasteiger partial charge in [-0.15, -0.1) is 12.4 Å². The Morgan fingerprint density at radius 2 is 1.71 bits per heavy atom. The van der Waals surface area contributed by atoms with Gasteiger partial charge in [0, 0.05) is 43.5 Å². The van der Waals surface area contributed by atoms with Crippen LogP contribution in [0.5, 0.6) is 5.75 Å². The van der Waals surface area contributed by atoms with Crippen LogP contribution in [-0.4, -0.2) is 63.2 Å². The molecule has 2 aromatic carbocycles. The highest BCUT2D eigenvalue weighted by Crippen LogP contribution is 2.32. The number of likely N-dealkylation sites (N-methyl/N-ethyl adjacent to an activating group) is 1. The summed E-state index contributed by atoms with van der Waals surface area (Å²) in [6.45, 7) is 7.46. The predicted molar refractivity (Wildman–Crippen MR) is 134 cm³/mol. The quantitative estimate of drug-likeness (QED) is 0.458. The Kier molecular flexibility index (Phi) is 9.10. The third-order valence-corrected chi connectivity index (χ3v) is 6.13. The zero-order valence-corrected chi connectivity index (χ0v) is 20.4. The number of benzene rings is 2. The number of hydrogen-bond donors (Lipinski definition) is 0. The number of hydrogen-bond acceptors (Lipinski definition) is 6. The summed E-state index contributed by atoms with van der Waals surface area (Å²) < 4.78 is 6.34. The van der Waals surface area contributed by atoms with Gasteiger partial charge < -0.3 is 14.5 Å². The number of halogens is 1. The smallest absolute Gasteiger partial charge is 0.260 e. The highest BCUT2D eigenvalue weighted by Gasteiger charge is 2.22. The van der Waals surface area contributed by atoms with Crippen molar-refractivity contribution in [3.63, 3.8) is 0 Å². The summed E-state index contributed by atoms with van der Waals surface area (Å²) in [5, 5.41) is 0.706. The Bertz CT molecular complexity index is 987. The molecule has 1 heterocycles. The standard InChI is InChI=1S/C23H30N4O2S.ClH/c1-6-26(7-2)18-10-8-17(9-11-18)22(28)27(15-14-25(3)4)23-24-20-16-19(29-5)12-13-21(20)30-23;/h8-13,16H,6-7,14-15H2,1-5H3;1H. The van der Waals surface area contributed by atoms with Gasteiger partial charge in [-0.05, 0) is 64.3 Å². The van der Waals surface area contributed by atoms with Gasteiger partial charge in [-0.1, -0.05) is 11.3 Å². The number of carbonyl (C=O) groups excluding carboxylic acids is 1. The summed E-state index contributed by atoms with van der Waals surface area (Å²) in [7, 11) is 5.65. The zero-order chi connectivity index (χ0) is 21.7. The lowest BCUT2D eigenvalue weighted by Gasteiger charge is -2.23. The van der Waals surface area contributed by atoms with Crippen molar-refractivity contribution in [2.75, 3.05) is 57.2 Å². The summed E-state index contributed by atoms with van der Waals surface area (Å²) in [6.07, 6.45) is 0. The molecular formula is C23H31ClN4O2S. The van der Waals surface area contributed by atoms with Crippen LogP contribution < -0.4 is 14.5 Å². The largest absolute Gasteiger partial charge is 0.497 e. The molecule has 168 valence electrons. The van der Waals surface area contributed by atoms with Crippen molar-refractivity contribution in [2.45, 2.75) is 13.8 Å². The molecule has 6 nitrogen and oxygen atoms in total. The Labute approximate surface area is 194 Å². The predicted octanol–water partition coefficient (Wildman–Crippen LogP) is 4.78. The molecule has 3 rings (SSSR count). The molecule has 0 aliphatic heterocycles. The molecule has 0 unspecified atom stereocenters. The third-order valence-electron chi connectivity index (χ3n) is 5.07. The van der Waals surface area contributed by atoms with Crippen LogP contribution in [0, 0.1) is 0 Å². The number of fused-ring (bicyclic) bond motifs is 1. The van der Waals surface area contributed by atoms with Gasteiger partial charge in [-0.2, -0.15) is 0 Å². The van der Waals surface area contributed by atoms with Crippen LogP contribution in [0.15, 0.2) is 42.5 Å². The van der Waals surface area contributed by atoms with Crippen LogP contribution in [0.3, 0.4) is 0 Å². The minimum Gasteiger partial charge on any atom is -0.497 e. The maximum absolute atomic E-state index is 13.4. The van der Waals surface area contributed by atoms with Crippen LogP contribution in [0.2, 0.25) is 0 Å². The number of rotatable bonds is 9. The molecule has 31 heavy (non-hydrogen) atoms. The second-order valence-electron chi connectivity index (χ2n) is 7.31. The first kappa shape index (κ1) is 24.9. The highest BCUT2D eigenvalue weighted by atomic mass is 35.5. The molecule has 0 N–H and O–H groups in total. The van der Waals surface area contributed by atoms with Crippen molar-refractivity contribution < 1.29 is 9.53 Å². The normalized spacial score (nSPS) is 10.8. The van der Waals surface area contributed by atoms with Crippen molar-refractivity contribution >= 4 is 50.7 Å². The molecule has 0 saturated carbocycles. The van der Waals surface area contributed by atoms with Gasteiger partial charge in [0.15, 0.2) is 5.13 Å². The Hall–Kier alpha value is -2.35. The lowest BCUT2D eigenvalue weighted by atomic mass is 10.1. The molecule has 0 aliphatic carbocycles. The van der Waals surface area contributed by atoms with E-state index in [1.807, 2.05) is 56.6 Å². The average molecular weight is 463 g/mol. The summed E-state index contributed by atoms with van der Waals surface area (Å²) in [5.74, 6) is 0.728. The monoisotopic (exact) mass is 462 g/mol. The number of ether oxygens (including phenoxy) is 1. The van der Waals surface area contributed by atoms with Gasteiger partial charge in [-0.25, -0.2) is 4.98 Å². The second kappa shape index (κ2) is 11.3. The van der Waals surface area contributed by atoms with Crippen molar-refractivity contribution in [1.29, 1.82) is 0 Å². The average Bonchev–Trinajstić information content (AvgIpc) is 3.17. The highest BCUT2D eigenvalue weighted by molar-refractivity contribution is 7.22. The fourth-order valence-corrected chi connectivity index (χ4v) is 4.25. The van der Waals surface area contributed by atoms with E-state index in [1.54, 1.807) is 12.0 Å². The van der Waals surface area contributed by atoms with E-state index in [4.69, 9.17) is 9.72 Å². The van der Waals surface area contributed by atoms with Crippen LogP contribution in [0.25, 0.3) is 10.2 Å². The summed E-state index contributed by atoms with van der Waals surface area (Å²) in [4.78, 5) is 24.3. The zero-order valence-electron chi connectivity index (χ0n) is 18.8. The fraction of sp³-hybridized carbons (Fsp3) is 0.391. The van der Waals surface area contributed by atoms with E-state index in [2.05, 4.69) is 23.6 Å². The lowest BCUT2D eigenvalue weighted by molar-refractivity contribution is 0.0985. The summed E-state index contributed by atoms with van der Waals surface area (Å²) >= 11 is 1.53. The fourth-order valence-electron chi connectivity index (χ4n) is 3.28. The second-order valence-corrected chi connectivity index (χ2v) is 8.32. The first-order chi connectivity index (χ1) is 14.5. The first-order valence-corrected chi connectivity index (χ1v) is 11.0. The van der Waals surface area contributed by atoms with E-state index in [-0.39, 0.29) is 18.3 Å². The maximum Gasteiger partial charge on any atom is 0.260 e. The maximum atomic E-state index is 13.4. The van der Waals surface area contributed by atoms with E-state index < -0.39 is 0 Å². The van der Waals surface area contributed by atoms with Crippen molar-refractivity contribution in [1.82, 2.24) is 9.88 Å². The van der Waals surface area contributed by atoms with Crippen molar-refractivity contribution in [3.05, 3.63) is 48.0 Å². The van der Waals surface area contributed by atoms with Crippen LogP contribution in [-0.2, 0) is 0 Å². The number of nitrogens with zero attached hydrogens (tertiary/aromatic N) is 4. The molecule has 0 saturated heterocycles. The summed E-state index contributed by atoms with van der Waals surface area (Å²) in [5.41, 5.74) is 2.64. The first-order valence-electron chi connectivity index (χ1n) is 10.2. The molecule has 1 aromatic heterocycles. The Morgan fingerprint density at radius 3 is 2.29 bits per heavy atom. The van der Waals surface area contributed by atoms with E-state index in [0.29, 0.717) is 17.2 Å². The van der Waals surface area contributed by atoms with Gasteiger partial charge in [0.1, 0.15) is 5.75 Å². The molecular weight excluding hydrogens is 432 g/mol. The topological polar surface area (TPSA) is 48.9 Å². The third kappa shape index (κ3) is 5.87. The number of thiazole rings is 1. The van der Waals surface area contributed by atoms with E-state index >= 15 is 0 Å². The molecule has 0 bridgehead atoms. The van der Waals surface area contributed by atoms with E-state index in [9.17, 15) is 4.79 Å². The van der Waals surface area contributed by atoms with Gasteiger partial charge in [0.2, 0.25) is 0 Å². The SMILES string of the molecule is CCN(CC)c1ccc(C(=O)N(CCN(C)C)c2nc3cc(OC)ccc3s2)cc1.Cl. The van der Waals surface area contributed by atoms with Crippen LogP contribution in [0.1, 0.15) is 24.2 Å². The van der Waals surface area contributed by atoms with Crippen molar-refractivity contribution in [2.24, 2.45) is 0 Å². The molecule has 1 amide bonds. The number of aromatic nitrogens is 1. The van der Waals surface area contributed by atoms with Crippen molar-refractivity contribution in [3.8, 4) is 5.75 Å². The summed E-state index contributed by atoms with van der Waals surface area (Å²) in [6, 6.07) is 13.7. The molecule has 0 aliphatic rings. The van der Waals surface area contributed by atoms with E-state index in [0.717, 1.165) is 41.3 Å². The minimum atomic E-state index is -0.0334.